The maximum absolute atomic E-state index is 12.4. The molecule has 2 heterocycles. The van der Waals surface area contributed by atoms with Crippen LogP contribution in [0.2, 0.25) is 5.02 Å². The summed E-state index contributed by atoms with van der Waals surface area (Å²) in [6.07, 6.45) is 9.50. The van der Waals surface area contributed by atoms with E-state index in [1.54, 1.807) is 18.6 Å². The van der Waals surface area contributed by atoms with Crippen molar-refractivity contribution >= 4 is 17.5 Å². The van der Waals surface area contributed by atoms with Gasteiger partial charge in [0, 0.05) is 35.8 Å². The molecule has 0 aromatic carbocycles. The van der Waals surface area contributed by atoms with Crippen molar-refractivity contribution in [1.29, 1.82) is 0 Å². The van der Waals surface area contributed by atoms with Gasteiger partial charge in [0.2, 0.25) is 0 Å². The summed E-state index contributed by atoms with van der Waals surface area (Å²) in [4.78, 5) is 19.4. The molecule has 0 radical (unpaired) electrons. The van der Waals surface area contributed by atoms with Crippen LogP contribution in [-0.4, -0.2) is 21.9 Å². The number of aromatic amines is 1. The zero-order valence-corrected chi connectivity index (χ0v) is 14.3. The van der Waals surface area contributed by atoms with Crippen LogP contribution in [0.15, 0.2) is 30.7 Å². The molecule has 0 spiro atoms. The van der Waals surface area contributed by atoms with E-state index < -0.39 is 0 Å². The normalized spacial score (nSPS) is 17.9. The molecule has 0 bridgehead atoms. The highest BCUT2D eigenvalue weighted by Gasteiger charge is 2.27. The number of halogens is 1. The predicted octanol–water partition coefficient (Wildman–Crippen LogP) is 4.43. The Morgan fingerprint density at radius 3 is 2.83 bits per heavy atom. The largest absolute Gasteiger partial charge is 0.357 e. The van der Waals surface area contributed by atoms with Crippen LogP contribution in [0.25, 0.3) is 11.1 Å². The van der Waals surface area contributed by atoms with E-state index in [2.05, 4.69) is 29.1 Å². The Labute approximate surface area is 141 Å². The van der Waals surface area contributed by atoms with Crippen LogP contribution in [0.1, 0.15) is 50.0 Å². The van der Waals surface area contributed by atoms with E-state index >= 15 is 0 Å². The minimum atomic E-state index is -0.0499. The lowest BCUT2D eigenvalue weighted by Crippen LogP contribution is -2.39. The summed E-state index contributed by atoms with van der Waals surface area (Å²) < 4.78 is 0. The summed E-state index contributed by atoms with van der Waals surface area (Å²) in [6.45, 7) is 4.58. The van der Waals surface area contributed by atoms with Crippen molar-refractivity contribution in [2.75, 3.05) is 0 Å². The molecule has 1 amide bonds. The highest BCUT2D eigenvalue weighted by molar-refractivity contribution is 6.33. The van der Waals surface area contributed by atoms with Crippen molar-refractivity contribution in [1.82, 2.24) is 15.3 Å². The molecule has 2 aromatic heterocycles. The standard InChI is InChI=1S/C18H22ClN3O/c1-18(2)6-3-13(4-7-18)22-17(23)16-9-12(10-21-16)14-5-8-20-11-15(14)19/h5,8-11,13,21H,3-4,6-7H2,1-2H3,(H,22,23). The maximum Gasteiger partial charge on any atom is 0.267 e. The van der Waals surface area contributed by atoms with E-state index in [1.807, 2.05) is 12.1 Å². The molecule has 23 heavy (non-hydrogen) atoms. The van der Waals surface area contributed by atoms with Gasteiger partial charge in [0.15, 0.2) is 0 Å². The van der Waals surface area contributed by atoms with Gasteiger partial charge in [-0.05, 0) is 43.2 Å². The third kappa shape index (κ3) is 3.75. The monoisotopic (exact) mass is 331 g/mol. The van der Waals surface area contributed by atoms with Crippen molar-refractivity contribution in [3.05, 3.63) is 41.4 Å². The number of pyridine rings is 1. The molecule has 2 aromatic rings. The molecule has 0 aliphatic heterocycles. The number of aromatic nitrogens is 2. The lowest BCUT2D eigenvalue weighted by atomic mass is 9.75. The van der Waals surface area contributed by atoms with Crippen molar-refractivity contribution in [3.63, 3.8) is 0 Å². The fraction of sp³-hybridized carbons (Fsp3) is 0.444. The topological polar surface area (TPSA) is 57.8 Å². The van der Waals surface area contributed by atoms with Crippen molar-refractivity contribution < 1.29 is 4.79 Å². The molecule has 5 heteroatoms. The molecule has 1 saturated carbocycles. The van der Waals surface area contributed by atoms with Crippen LogP contribution >= 0.6 is 11.6 Å². The van der Waals surface area contributed by atoms with Crippen LogP contribution in [-0.2, 0) is 0 Å². The first kappa shape index (κ1) is 16.1. The van der Waals surface area contributed by atoms with E-state index in [9.17, 15) is 4.79 Å². The number of nitrogens with zero attached hydrogens (tertiary/aromatic N) is 1. The molecule has 0 atom stereocenters. The molecule has 3 rings (SSSR count). The van der Waals surface area contributed by atoms with Gasteiger partial charge >= 0.3 is 0 Å². The summed E-state index contributed by atoms with van der Waals surface area (Å²) in [5.74, 6) is -0.0499. The Hall–Kier alpha value is -1.81. The summed E-state index contributed by atoms with van der Waals surface area (Å²) in [7, 11) is 0. The molecule has 1 aliphatic rings. The minimum Gasteiger partial charge on any atom is -0.357 e. The predicted molar refractivity (Wildman–Crippen MR) is 92.5 cm³/mol. The second kappa shape index (κ2) is 6.36. The average molecular weight is 332 g/mol. The van der Waals surface area contributed by atoms with Gasteiger partial charge < -0.3 is 10.3 Å². The molecular weight excluding hydrogens is 310 g/mol. The third-order valence-corrected chi connectivity index (χ3v) is 4.99. The molecule has 1 aliphatic carbocycles. The Kier molecular flexibility index (Phi) is 4.44. The smallest absolute Gasteiger partial charge is 0.267 e. The van der Waals surface area contributed by atoms with Gasteiger partial charge in [0.05, 0.1) is 5.02 Å². The lowest BCUT2D eigenvalue weighted by Gasteiger charge is -2.34. The zero-order valence-electron chi connectivity index (χ0n) is 13.5. The Morgan fingerprint density at radius 2 is 2.13 bits per heavy atom. The highest BCUT2D eigenvalue weighted by atomic mass is 35.5. The first-order valence-electron chi connectivity index (χ1n) is 8.04. The Bertz CT molecular complexity index is 698. The van der Waals surface area contributed by atoms with Crippen LogP contribution in [0.3, 0.4) is 0 Å². The van der Waals surface area contributed by atoms with Gasteiger partial charge in [-0.2, -0.15) is 0 Å². The van der Waals surface area contributed by atoms with E-state index in [4.69, 9.17) is 11.6 Å². The molecule has 122 valence electrons. The molecule has 1 fully saturated rings. The van der Waals surface area contributed by atoms with Gasteiger partial charge in [0.1, 0.15) is 5.69 Å². The Balaban J connectivity index is 1.66. The van der Waals surface area contributed by atoms with Crippen LogP contribution in [0, 0.1) is 5.41 Å². The van der Waals surface area contributed by atoms with Gasteiger partial charge in [-0.15, -0.1) is 0 Å². The molecular formula is C18H22ClN3O. The maximum atomic E-state index is 12.4. The summed E-state index contributed by atoms with van der Waals surface area (Å²) >= 11 is 6.15. The summed E-state index contributed by atoms with van der Waals surface area (Å²) in [6, 6.07) is 3.95. The fourth-order valence-electron chi connectivity index (χ4n) is 3.10. The van der Waals surface area contributed by atoms with Gasteiger partial charge in [-0.3, -0.25) is 9.78 Å². The number of amides is 1. The zero-order chi connectivity index (χ0) is 16.4. The first-order chi connectivity index (χ1) is 10.9. The number of hydrogen-bond acceptors (Lipinski definition) is 2. The van der Waals surface area contributed by atoms with Crippen LogP contribution in [0.4, 0.5) is 0 Å². The quantitative estimate of drug-likeness (QED) is 0.874. The van der Waals surface area contributed by atoms with E-state index in [-0.39, 0.29) is 11.9 Å². The van der Waals surface area contributed by atoms with E-state index in [0.717, 1.165) is 36.8 Å². The number of rotatable bonds is 3. The number of carbonyl (C=O) groups excluding carboxylic acids is 1. The third-order valence-electron chi connectivity index (χ3n) is 4.69. The molecule has 0 unspecified atom stereocenters. The summed E-state index contributed by atoms with van der Waals surface area (Å²) in [5.41, 5.74) is 2.74. The highest BCUT2D eigenvalue weighted by Crippen LogP contribution is 2.35. The fourth-order valence-corrected chi connectivity index (χ4v) is 3.33. The number of H-pyrrole nitrogens is 1. The second-order valence-electron chi connectivity index (χ2n) is 7.07. The average Bonchev–Trinajstić information content (AvgIpc) is 3.00. The van der Waals surface area contributed by atoms with Crippen molar-refractivity contribution in [2.24, 2.45) is 5.41 Å². The molecule has 0 saturated heterocycles. The van der Waals surface area contributed by atoms with E-state index in [0.29, 0.717) is 16.1 Å². The number of hydrogen-bond donors (Lipinski definition) is 2. The van der Waals surface area contributed by atoms with Gasteiger partial charge in [-0.1, -0.05) is 25.4 Å². The van der Waals surface area contributed by atoms with Crippen LogP contribution in [0.5, 0.6) is 0 Å². The summed E-state index contributed by atoms with van der Waals surface area (Å²) in [5, 5.41) is 3.71. The molecule has 4 nitrogen and oxygen atoms in total. The number of nitrogens with one attached hydrogen (secondary N) is 2. The minimum absolute atomic E-state index is 0.0499. The van der Waals surface area contributed by atoms with Crippen molar-refractivity contribution in [3.8, 4) is 11.1 Å². The first-order valence-corrected chi connectivity index (χ1v) is 8.42. The Morgan fingerprint density at radius 1 is 1.39 bits per heavy atom. The lowest BCUT2D eigenvalue weighted by molar-refractivity contribution is 0.0904. The second-order valence-corrected chi connectivity index (χ2v) is 7.48. The van der Waals surface area contributed by atoms with E-state index in [1.165, 1.54) is 0 Å². The van der Waals surface area contributed by atoms with Gasteiger partial charge in [-0.25, -0.2) is 0 Å². The number of carbonyl (C=O) groups is 1. The SMILES string of the molecule is CC1(C)CCC(NC(=O)c2cc(-c3ccncc3Cl)c[nH]2)CC1. The molecule has 2 N–H and O–H groups in total. The van der Waals surface area contributed by atoms with Crippen LogP contribution < -0.4 is 5.32 Å². The van der Waals surface area contributed by atoms with Gasteiger partial charge in [0.25, 0.3) is 5.91 Å². The van der Waals surface area contributed by atoms with Crippen molar-refractivity contribution in [2.45, 2.75) is 45.6 Å².